The molecule has 0 spiro atoms. The Morgan fingerprint density at radius 3 is 2.65 bits per heavy atom. The first-order chi connectivity index (χ1) is 8.15. The summed E-state index contributed by atoms with van der Waals surface area (Å²) in [5.41, 5.74) is 0. The Morgan fingerprint density at radius 2 is 2.06 bits per heavy atom. The third-order valence-electron chi connectivity index (χ3n) is 3.15. The monoisotopic (exact) mass is 259 g/mol. The second-order valence-corrected chi connectivity index (χ2v) is 5.68. The predicted octanol–water partition coefficient (Wildman–Crippen LogP) is 0.395. The van der Waals surface area contributed by atoms with Crippen molar-refractivity contribution >= 4 is 17.7 Å². The minimum Gasteiger partial charge on any atom is -0.354 e. The van der Waals surface area contributed by atoms with Crippen molar-refractivity contribution in [3.63, 3.8) is 0 Å². The molecular weight excluding hydrogens is 234 g/mol. The lowest BCUT2D eigenvalue weighted by Gasteiger charge is -2.32. The average Bonchev–Trinajstić information content (AvgIpc) is 2.36. The van der Waals surface area contributed by atoms with Crippen molar-refractivity contribution in [1.29, 1.82) is 0 Å². The van der Waals surface area contributed by atoms with Crippen LogP contribution < -0.4 is 10.6 Å². The minimum atomic E-state index is -0.00132. The first-order valence-corrected chi connectivity index (χ1v) is 7.76. The van der Waals surface area contributed by atoms with Crippen LogP contribution in [0.3, 0.4) is 0 Å². The molecule has 1 amide bonds. The summed E-state index contributed by atoms with van der Waals surface area (Å²) in [6, 6.07) is -0.00132. The number of carbonyl (C=O) groups is 1. The largest absolute Gasteiger partial charge is 0.354 e. The maximum Gasteiger partial charge on any atom is 0.237 e. The van der Waals surface area contributed by atoms with Crippen LogP contribution in [0.5, 0.6) is 0 Å². The van der Waals surface area contributed by atoms with E-state index in [2.05, 4.69) is 28.7 Å². The second-order valence-electron chi connectivity index (χ2n) is 4.77. The smallest absolute Gasteiger partial charge is 0.237 e. The van der Waals surface area contributed by atoms with E-state index in [9.17, 15) is 4.79 Å². The first-order valence-electron chi connectivity index (χ1n) is 6.36. The van der Waals surface area contributed by atoms with E-state index >= 15 is 0 Å². The zero-order chi connectivity index (χ0) is 12.7. The summed E-state index contributed by atoms with van der Waals surface area (Å²) in [7, 11) is 0. The number of nitrogens with zero attached hydrogens (tertiary/aromatic N) is 1. The van der Waals surface area contributed by atoms with Crippen LogP contribution in [0.1, 0.15) is 13.8 Å². The standard InChI is InChI=1S/C12H25N3OS/c1-10(9-17-3)8-14-12(16)11(2)15-6-4-13-5-7-15/h10-11,13H,4-9H2,1-3H3,(H,14,16). The van der Waals surface area contributed by atoms with Crippen LogP contribution in [0.2, 0.25) is 0 Å². The van der Waals surface area contributed by atoms with Gasteiger partial charge in [-0.05, 0) is 24.9 Å². The van der Waals surface area contributed by atoms with Gasteiger partial charge in [-0.1, -0.05) is 6.92 Å². The molecule has 5 heteroatoms. The molecule has 0 aromatic heterocycles. The number of rotatable bonds is 6. The summed E-state index contributed by atoms with van der Waals surface area (Å²) in [5.74, 6) is 1.81. The quantitative estimate of drug-likeness (QED) is 0.724. The highest BCUT2D eigenvalue weighted by Gasteiger charge is 2.22. The Labute approximate surface area is 109 Å². The van der Waals surface area contributed by atoms with E-state index < -0.39 is 0 Å². The first kappa shape index (κ1) is 14.8. The van der Waals surface area contributed by atoms with Gasteiger partial charge in [0.2, 0.25) is 5.91 Å². The van der Waals surface area contributed by atoms with Crippen molar-refractivity contribution in [2.45, 2.75) is 19.9 Å². The van der Waals surface area contributed by atoms with Gasteiger partial charge in [0.15, 0.2) is 0 Å². The van der Waals surface area contributed by atoms with Crippen LogP contribution in [-0.4, -0.2) is 61.6 Å². The highest BCUT2D eigenvalue weighted by atomic mass is 32.2. The molecule has 1 heterocycles. The molecule has 0 bridgehead atoms. The van der Waals surface area contributed by atoms with E-state index in [0.29, 0.717) is 5.92 Å². The van der Waals surface area contributed by atoms with E-state index in [0.717, 1.165) is 38.5 Å². The summed E-state index contributed by atoms with van der Waals surface area (Å²) in [6.07, 6.45) is 2.10. The summed E-state index contributed by atoms with van der Waals surface area (Å²) >= 11 is 1.83. The molecule has 1 aliphatic heterocycles. The van der Waals surface area contributed by atoms with Crippen molar-refractivity contribution in [2.24, 2.45) is 5.92 Å². The average molecular weight is 259 g/mol. The van der Waals surface area contributed by atoms with Crippen LogP contribution in [0.15, 0.2) is 0 Å². The topological polar surface area (TPSA) is 44.4 Å². The normalized spacial score (nSPS) is 20.9. The maximum atomic E-state index is 12.0. The van der Waals surface area contributed by atoms with Gasteiger partial charge in [0.25, 0.3) is 0 Å². The molecule has 100 valence electrons. The van der Waals surface area contributed by atoms with Crippen molar-refractivity contribution in [3.8, 4) is 0 Å². The lowest BCUT2D eigenvalue weighted by molar-refractivity contribution is -0.126. The number of thioether (sulfide) groups is 1. The molecule has 1 rings (SSSR count). The van der Waals surface area contributed by atoms with Gasteiger partial charge in [0, 0.05) is 32.7 Å². The third kappa shape index (κ3) is 5.27. The molecule has 1 aliphatic rings. The molecule has 0 aromatic rings. The number of hydrogen-bond acceptors (Lipinski definition) is 4. The molecule has 2 N–H and O–H groups in total. The summed E-state index contributed by atoms with van der Waals surface area (Å²) in [6.45, 7) is 8.87. The Morgan fingerprint density at radius 1 is 1.41 bits per heavy atom. The molecule has 0 aromatic carbocycles. The molecule has 4 nitrogen and oxygen atoms in total. The van der Waals surface area contributed by atoms with Gasteiger partial charge >= 0.3 is 0 Å². The Balaban J connectivity index is 2.25. The number of piperazine rings is 1. The molecule has 1 fully saturated rings. The summed E-state index contributed by atoms with van der Waals surface area (Å²) in [5, 5.41) is 6.35. The molecule has 0 radical (unpaired) electrons. The van der Waals surface area contributed by atoms with Crippen molar-refractivity contribution in [3.05, 3.63) is 0 Å². The highest BCUT2D eigenvalue weighted by molar-refractivity contribution is 7.98. The van der Waals surface area contributed by atoms with Gasteiger partial charge in [-0.15, -0.1) is 0 Å². The van der Waals surface area contributed by atoms with Gasteiger partial charge in [-0.2, -0.15) is 11.8 Å². The fraction of sp³-hybridized carbons (Fsp3) is 0.917. The van der Waals surface area contributed by atoms with Crippen LogP contribution in [-0.2, 0) is 4.79 Å². The van der Waals surface area contributed by atoms with Crippen LogP contribution in [0.25, 0.3) is 0 Å². The Kier molecular flexibility index (Phi) is 6.92. The number of nitrogens with one attached hydrogen (secondary N) is 2. The molecule has 0 saturated carbocycles. The van der Waals surface area contributed by atoms with E-state index in [1.54, 1.807) is 0 Å². The fourth-order valence-electron chi connectivity index (χ4n) is 2.00. The van der Waals surface area contributed by atoms with Gasteiger partial charge in [-0.3, -0.25) is 9.69 Å². The highest BCUT2D eigenvalue weighted by Crippen LogP contribution is 2.04. The van der Waals surface area contributed by atoms with Gasteiger partial charge < -0.3 is 10.6 Å². The van der Waals surface area contributed by atoms with Crippen LogP contribution in [0, 0.1) is 5.92 Å². The Bertz CT molecular complexity index is 232. The van der Waals surface area contributed by atoms with Crippen molar-refractivity contribution < 1.29 is 4.79 Å². The maximum absolute atomic E-state index is 12.0. The number of amides is 1. The van der Waals surface area contributed by atoms with Gasteiger partial charge in [0.1, 0.15) is 0 Å². The predicted molar refractivity (Wildman–Crippen MR) is 74.5 cm³/mol. The molecule has 0 aliphatic carbocycles. The van der Waals surface area contributed by atoms with E-state index in [4.69, 9.17) is 0 Å². The number of hydrogen-bond donors (Lipinski definition) is 2. The van der Waals surface area contributed by atoms with Crippen molar-refractivity contribution in [2.75, 3.05) is 44.7 Å². The van der Waals surface area contributed by atoms with Gasteiger partial charge in [-0.25, -0.2) is 0 Å². The minimum absolute atomic E-state index is 0.00132. The number of carbonyl (C=O) groups excluding carboxylic acids is 1. The van der Waals surface area contributed by atoms with E-state index in [-0.39, 0.29) is 11.9 Å². The van der Waals surface area contributed by atoms with Crippen LogP contribution >= 0.6 is 11.8 Å². The van der Waals surface area contributed by atoms with E-state index in [1.807, 2.05) is 18.7 Å². The molecular formula is C12H25N3OS. The molecule has 17 heavy (non-hydrogen) atoms. The third-order valence-corrected chi connectivity index (χ3v) is 4.06. The summed E-state index contributed by atoms with van der Waals surface area (Å²) < 4.78 is 0. The second kappa shape index (κ2) is 7.95. The summed E-state index contributed by atoms with van der Waals surface area (Å²) in [4.78, 5) is 14.2. The Hall–Kier alpha value is -0.260. The van der Waals surface area contributed by atoms with E-state index in [1.165, 1.54) is 0 Å². The lowest BCUT2D eigenvalue weighted by atomic mass is 10.2. The molecule has 1 saturated heterocycles. The molecule has 2 atom stereocenters. The SMILES string of the molecule is CSCC(C)CNC(=O)C(C)N1CCNCC1. The van der Waals surface area contributed by atoms with Crippen LogP contribution in [0.4, 0.5) is 0 Å². The fourth-order valence-corrected chi connectivity index (χ4v) is 2.69. The lowest BCUT2D eigenvalue weighted by Crippen LogP contribution is -2.53. The zero-order valence-corrected chi connectivity index (χ0v) is 12.0. The van der Waals surface area contributed by atoms with Crippen molar-refractivity contribution in [1.82, 2.24) is 15.5 Å². The molecule has 2 unspecified atom stereocenters. The zero-order valence-electron chi connectivity index (χ0n) is 11.2. The van der Waals surface area contributed by atoms with Gasteiger partial charge in [0.05, 0.1) is 6.04 Å².